The third kappa shape index (κ3) is 1.82. The summed E-state index contributed by atoms with van der Waals surface area (Å²) in [4.78, 5) is 10.7. The van der Waals surface area contributed by atoms with Crippen LogP contribution in [-0.4, -0.2) is 13.3 Å². The van der Waals surface area contributed by atoms with E-state index < -0.39 is 0 Å². The summed E-state index contributed by atoms with van der Waals surface area (Å²) < 4.78 is 0. The van der Waals surface area contributed by atoms with Crippen molar-refractivity contribution in [3.05, 3.63) is 23.9 Å². The molecule has 2 heteroatoms. The Balaban J connectivity index is 3.02. The van der Waals surface area contributed by atoms with Crippen molar-refractivity contribution in [1.29, 1.82) is 0 Å². The van der Waals surface area contributed by atoms with Gasteiger partial charge < -0.3 is 10.1 Å². The summed E-state index contributed by atoms with van der Waals surface area (Å²) in [7, 11) is 1.89. The first kappa shape index (κ1) is 10.0. The number of nitrogens with one attached hydrogen (secondary N) is 1. The third-order valence-electron chi connectivity index (χ3n) is 2.63. The Bertz CT molecular complexity index is 263. The van der Waals surface area contributed by atoms with E-state index in [0.29, 0.717) is 0 Å². The second kappa shape index (κ2) is 3.36. The van der Waals surface area contributed by atoms with Gasteiger partial charge in [0.25, 0.3) is 0 Å². The molecule has 72 valence electrons. The van der Waals surface area contributed by atoms with Gasteiger partial charge in [-0.25, -0.2) is 0 Å². The molecule has 0 aromatic carbocycles. The van der Waals surface area contributed by atoms with Crippen molar-refractivity contribution in [3.8, 4) is 0 Å². The second-order valence-electron chi connectivity index (χ2n) is 4.21. The fourth-order valence-electron chi connectivity index (χ4n) is 1.86. The van der Waals surface area contributed by atoms with Crippen LogP contribution in [0, 0.1) is 11.3 Å². The lowest BCUT2D eigenvalue weighted by molar-refractivity contribution is -0.109. The van der Waals surface area contributed by atoms with Crippen LogP contribution in [-0.2, 0) is 4.79 Å². The van der Waals surface area contributed by atoms with Gasteiger partial charge in [-0.3, -0.25) is 0 Å². The smallest absolute Gasteiger partial charge is 0.130 e. The predicted molar refractivity (Wildman–Crippen MR) is 54.2 cm³/mol. The second-order valence-corrected chi connectivity index (χ2v) is 4.21. The standard InChI is InChI=1S/C11H17NO/c1-8-6-11(2,3)10(12-4)5-9(8)7-13/h5,7,9,12H,1,6H2,2-4H3. The number of hydrogen-bond donors (Lipinski definition) is 1. The van der Waals surface area contributed by atoms with E-state index in [4.69, 9.17) is 0 Å². The zero-order chi connectivity index (χ0) is 10.1. The summed E-state index contributed by atoms with van der Waals surface area (Å²) in [5.41, 5.74) is 2.24. The Morgan fingerprint density at radius 2 is 2.31 bits per heavy atom. The zero-order valence-electron chi connectivity index (χ0n) is 8.55. The van der Waals surface area contributed by atoms with Crippen molar-refractivity contribution in [1.82, 2.24) is 5.32 Å². The zero-order valence-corrected chi connectivity index (χ0v) is 8.55. The summed E-state index contributed by atoms with van der Waals surface area (Å²) in [5, 5.41) is 3.14. The minimum absolute atomic E-state index is 0.0886. The van der Waals surface area contributed by atoms with Crippen molar-refractivity contribution in [3.63, 3.8) is 0 Å². The Morgan fingerprint density at radius 3 is 2.77 bits per heavy atom. The van der Waals surface area contributed by atoms with Crippen LogP contribution in [0.1, 0.15) is 20.3 Å². The van der Waals surface area contributed by atoms with Crippen LogP contribution in [0.4, 0.5) is 0 Å². The molecule has 1 atom stereocenters. The average molecular weight is 179 g/mol. The van der Waals surface area contributed by atoms with Crippen LogP contribution in [0.25, 0.3) is 0 Å². The molecule has 0 fully saturated rings. The maximum absolute atomic E-state index is 10.7. The number of carbonyl (C=O) groups excluding carboxylic acids is 1. The molecule has 1 unspecified atom stereocenters. The molecule has 0 saturated carbocycles. The lowest BCUT2D eigenvalue weighted by atomic mass is 9.74. The molecule has 1 aliphatic carbocycles. The van der Waals surface area contributed by atoms with E-state index in [2.05, 4.69) is 25.7 Å². The van der Waals surface area contributed by atoms with Gasteiger partial charge in [-0.1, -0.05) is 32.1 Å². The van der Waals surface area contributed by atoms with Gasteiger partial charge in [0, 0.05) is 18.2 Å². The fourth-order valence-corrected chi connectivity index (χ4v) is 1.86. The molecule has 13 heavy (non-hydrogen) atoms. The van der Waals surface area contributed by atoms with Crippen molar-refractivity contribution < 1.29 is 4.79 Å². The summed E-state index contributed by atoms with van der Waals surface area (Å²) in [6.45, 7) is 8.24. The quantitative estimate of drug-likeness (QED) is 0.518. The van der Waals surface area contributed by atoms with Crippen molar-refractivity contribution in [2.45, 2.75) is 20.3 Å². The van der Waals surface area contributed by atoms with Crippen LogP contribution in [0.5, 0.6) is 0 Å². The van der Waals surface area contributed by atoms with Gasteiger partial charge in [0.2, 0.25) is 0 Å². The maximum atomic E-state index is 10.7. The van der Waals surface area contributed by atoms with Gasteiger partial charge >= 0.3 is 0 Å². The summed E-state index contributed by atoms with van der Waals surface area (Å²) in [5.74, 6) is -0.101. The highest BCUT2D eigenvalue weighted by molar-refractivity contribution is 5.63. The maximum Gasteiger partial charge on any atom is 0.130 e. The SMILES string of the molecule is C=C1CC(C)(C)C(NC)=CC1C=O. The Morgan fingerprint density at radius 1 is 1.69 bits per heavy atom. The summed E-state index contributed by atoms with van der Waals surface area (Å²) >= 11 is 0. The number of aldehydes is 1. The highest BCUT2D eigenvalue weighted by atomic mass is 16.1. The highest BCUT2D eigenvalue weighted by Crippen LogP contribution is 2.38. The molecule has 0 aromatic rings. The van der Waals surface area contributed by atoms with Crippen LogP contribution in [0.3, 0.4) is 0 Å². The number of rotatable bonds is 2. The molecular weight excluding hydrogens is 162 g/mol. The van der Waals surface area contributed by atoms with Gasteiger partial charge in [0.1, 0.15) is 6.29 Å². The molecule has 0 spiro atoms. The lowest BCUT2D eigenvalue weighted by Crippen LogP contribution is -2.30. The fraction of sp³-hybridized carbons (Fsp3) is 0.545. The number of carbonyl (C=O) groups is 1. The largest absolute Gasteiger partial charge is 0.391 e. The van der Waals surface area contributed by atoms with Crippen molar-refractivity contribution in [2.75, 3.05) is 7.05 Å². The Labute approximate surface area is 79.7 Å². The molecule has 0 radical (unpaired) electrons. The van der Waals surface area contributed by atoms with Gasteiger partial charge in [0.15, 0.2) is 0 Å². The number of hydrogen-bond acceptors (Lipinski definition) is 2. The molecule has 2 nitrogen and oxygen atoms in total. The lowest BCUT2D eigenvalue weighted by Gasteiger charge is -2.34. The summed E-state index contributed by atoms with van der Waals surface area (Å²) in [6.07, 6.45) is 3.80. The Hall–Kier alpha value is -1.05. The monoisotopic (exact) mass is 179 g/mol. The van der Waals surface area contributed by atoms with E-state index in [1.807, 2.05) is 13.1 Å². The van der Waals surface area contributed by atoms with E-state index in [-0.39, 0.29) is 11.3 Å². The highest BCUT2D eigenvalue weighted by Gasteiger charge is 2.30. The first-order valence-electron chi connectivity index (χ1n) is 4.54. The van der Waals surface area contributed by atoms with E-state index in [1.54, 1.807) is 0 Å². The van der Waals surface area contributed by atoms with Crippen LogP contribution < -0.4 is 5.32 Å². The van der Waals surface area contributed by atoms with Gasteiger partial charge in [-0.05, 0) is 6.42 Å². The molecule has 0 aliphatic heterocycles. The van der Waals surface area contributed by atoms with Crippen LogP contribution in [0.15, 0.2) is 23.9 Å². The van der Waals surface area contributed by atoms with Gasteiger partial charge in [0.05, 0.1) is 5.92 Å². The molecular formula is C11H17NO. The third-order valence-corrected chi connectivity index (χ3v) is 2.63. The molecule has 0 saturated heterocycles. The van der Waals surface area contributed by atoms with Gasteiger partial charge in [-0.2, -0.15) is 0 Å². The van der Waals surface area contributed by atoms with Crippen LogP contribution in [0.2, 0.25) is 0 Å². The van der Waals surface area contributed by atoms with Crippen molar-refractivity contribution in [2.24, 2.45) is 11.3 Å². The van der Waals surface area contributed by atoms with E-state index in [0.717, 1.165) is 24.0 Å². The van der Waals surface area contributed by atoms with Crippen molar-refractivity contribution >= 4 is 6.29 Å². The molecule has 0 aromatic heterocycles. The molecule has 0 bridgehead atoms. The molecule has 1 rings (SSSR count). The van der Waals surface area contributed by atoms with Gasteiger partial charge in [-0.15, -0.1) is 0 Å². The topological polar surface area (TPSA) is 29.1 Å². The van der Waals surface area contributed by atoms with Crippen LogP contribution >= 0.6 is 0 Å². The van der Waals surface area contributed by atoms with E-state index in [9.17, 15) is 4.79 Å². The van der Waals surface area contributed by atoms with E-state index >= 15 is 0 Å². The normalized spacial score (nSPS) is 26.5. The first-order chi connectivity index (χ1) is 6.01. The number of allylic oxidation sites excluding steroid dienone is 3. The first-order valence-corrected chi connectivity index (χ1v) is 4.54. The molecule has 0 heterocycles. The minimum Gasteiger partial charge on any atom is -0.391 e. The molecule has 0 amide bonds. The molecule has 1 N–H and O–H groups in total. The average Bonchev–Trinajstić information content (AvgIpc) is 2.03. The predicted octanol–water partition coefficient (Wildman–Crippen LogP) is 1.89. The Kier molecular flexibility index (Phi) is 2.60. The summed E-state index contributed by atoms with van der Waals surface area (Å²) in [6, 6.07) is 0. The minimum atomic E-state index is -0.101. The molecule has 1 aliphatic rings. The van der Waals surface area contributed by atoms with E-state index in [1.165, 1.54) is 0 Å².